The predicted octanol–water partition coefficient (Wildman–Crippen LogP) is 4.19. The van der Waals surface area contributed by atoms with E-state index >= 15 is 0 Å². The molecule has 110 valence electrons. The number of halogens is 2. The lowest BCUT2D eigenvalue weighted by Gasteiger charge is -2.38. The maximum absolute atomic E-state index is 12.2. The largest absolute Gasteiger partial charge is 0.349 e. The third-order valence-corrected chi connectivity index (χ3v) is 4.93. The molecule has 0 spiro atoms. The van der Waals surface area contributed by atoms with Crippen molar-refractivity contribution in [2.45, 2.75) is 44.6 Å². The zero-order valence-corrected chi connectivity index (χ0v) is 13.3. The molecule has 20 heavy (non-hydrogen) atoms. The third kappa shape index (κ3) is 4.13. The molecule has 4 heteroatoms. The van der Waals surface area contributed by atoms with Crippen molar-refractivity contribution in [3.8, 4) is 0 Å². The Morgan fingerprint density at radius 2 is 1.90 bits per heavy atom. The second kappa shape index (κ2) is 6.82. The minimum Gasteiger partial charge on any atom is -0.349 e. The van der Waals surface area contributed by atoms with E-state index in [4.69, 9.17) is 23.2 Å². The van der Waals surface area contributed by atoms with Crippen molar-refractivity contribution in [3.63, 3.8) is 0 Å². The van der Waals surface area contributed by atoms with E-state index in [1.165, 1.54) is 0 Å². The van der Waals surface area contributed by atoms with E-state index < -0.39 is 0 Å². The summed E-state index contributed by atoms with van der Waals surface area (Å²) in [6.07, 6.45) is 4.60. The van der Waals surface area contributed by atoms with Gasteiger partial charge in [0.15, 0.2) is 0 Å². The summed E-state index contributed by atoms with van der Waals surface area (Å²) in [5, 5.41) is 3.85. The van der Waals surface area contributed by atoms with E-state index in [0.29, 0.717) is 17.3 Å². The summed E-state index contributed by atoms with van der Waals surface area (Å²) in [7, 11) is 0. The molecular weight excluding hydrogens is 293 g/mol. The van der Waals surface area contributed by atoms with Crippen molar-refractivity contribution < 1.29 is 4.79 Å². The number of amides is 1. The van der Waals surface area contributed by atoms with Gasteiger partial charge in [0, 0.05) is 10.9 Å². The van der Waals surface area contributed by atoms with Gasteiger partial charge >= 0.3 is 0 Å². The van der Waals surface area contributed by atoms with Crippen molar-refractivity contribution in [1.29, 1.82) is 0 Å². The van der Waals surface area contributed by atoms with Crippen LogP contribution in [0.5, 0.6) is 0 Å². The van der Waals surface area contributed by atoms with Crippen LogP contribution < -0.4 is 5.32 Å². The first kappa shape index (κ1) is 15.7. The van der Waals surface area contributed by atoms with Crippen LogP contribution in [0.15, 0.2) is 24.3 Å². The molecule has 0 heterocycles. The minimum atomic E-state index is -0.211. The molecule has 2 nitrogen and oxygen atoms in total. The molecule has 2 rings (SSSR count). The standard InChI is InChI=1S/C16H21Cl2NO/c1-12-6-8-16(11-17,9-7-12)19-15(20)10-13-2-4-14(18)5-3-13/h2-5,12H,6-11H2,1H3,(H,19,20). The van der Waals surface area contributed by atoms with E-state index in [-0.39, 0.29) is 11.4 Å². The van der Waals surface area contributed by atoms with Crippen LogP contribution in [0, 0.1) is 5.92 Å². The van der Waals surface area contributed by atoms with Crippen LogP contribution >= 0.6 is 23.2 Å². The first-order chi connectivity index (χ1) is 9.53. The average molecular weight is 314 g/mol. The number of benzene rings is 1. The molecule has 0 atom stereocenters. The van der Waals surface area contributed by atoms with Gasteiger partial charge in [-0.2, -0.15) is 0 Å². The van der Waals surface area contributed by atoms with Gasteiger partial charge in [0.1, 0.15) is 0 Å². The second-order valence-corrected chi connectivity index (χ2v) is 6.65. The Hall–Kier alpha value is -0.730. The quantitative estimate of drug-likeness (QED) is 0.830. The highest BCUT2D eigenvalue weighted by Crippen LogP contribution is 2.32. The number of alkyl halides is 1. The van der Waals surface area contributed by atoms with Gasteiger partial charge in [-0.05, 0) is 49.3 Å². The summed E-state index contributed by atoms with van der Waals surface area (Å²) in [5.41, 5.74) is 0.762. The number of rotatable bonds is 4. The maximum atomic E-state index is 12.2. The Labute approximate surface area is 130 Å². The highest BCUT2D eigenvalue weighted by molar-refractivity contribution is 6.30. The van der Waals surface area contributed by atoms with Gasteiger partial charge in [-0.3, -0.25) is 4.79 Å². The van der Waals surface area contributed by atoms with Gasteiger partial charge in [0.25, 0.3) is 0 Å². The van der Waals surface area contributed by atoms with E-state index in [0.717, 1.165) is 37.2 Å². The maximum Gasteiger partial charge on any atom is 0.224 e. The smallest absolute Gasteiger partial charge is 0.224 e. The Bertz CT molecular complexity index is 450. The zero-order valence-electron chi connectivity index (χ0n) is 11.8. The van der Waals surface area contributed by atoms with Crippen LogP contribution in [0.1, 0.15) is 38.2 Å². The molecule has 1 saturated carbocycles. The first-order valence-electron chi connectivity index (χ1n) is 7.14. The molecule has 0 aromatic heterocycles. The predicted molar refractivity (Wildman–Crippen MR) is 84.4 cm³/mol. The average Bonchev–Trinajstić information content (AvgIpc) is 2.44. The molecule has 0 saturated heterocycles. The highest BCUT2D eigenvalue weighted by Gasteiger charge is 2.34. The zero-order chi connectivity index (χ0) is 14.6. The lowest BCUT2D eigenvalue weighted by atomic mass is 9.78. The topological polar surface area (TPSA) is 29.1 Å². The Kier molecular flexibility index (Phi) is 5.34. The molecule has 1 aromatic carbocycles. The van der Waals surface area contributed by atoms with Gasteiger partial charge in [-0.25, -0.2) is 0 Å². The van der Waals surface area contributed by atoms with Crippen LogP contribution in [0.3, 0.4) is 0 Å². The molecule has 0 aliphatic heterocycles. The number of nitrogens with one attached hydrogen (secondary N) is 1. The highest BCUT2D eigenvalue weighted by atomic mass is 35.5. The lowest BCUT2D eigenvalue weighted by molar-refractivity contribution is -0.122. The summed E-state index contributed by atoms with van der Waals surface area (Å²) in [6.45, 7) is 2.26. The van der Waals surface area contributed by atoms with Crippen molar-refractivity contribution in [3.05, 3.63) is 34.9 Å². The van der Waals surface area contributed by atoms with Gasteiger partial charge < -0.3 is 5.32 Å². The second-order valence-electron chi connectivity index (χ2n) is 5.95. The molecule has 1 aliphatic carbocycles. The van der Waals surface area contributed by atoms with E-state index in [2.05, 4.69) is 12.2 Å². The van der Waals surface area contributed by atoms with Gasteiger partial charge in [0.2, 0.25) is 5.91 Å². The minimum absolute atomic E-state index is 0.0440. The SMILES string of the molecule is CC1CCC(CCl)(NC(=O)Cc2ccc(Cl)cc2)CC1. The Balaban J connectivity index is 1.94. The van der Waals surface area contributed by atoms with Gasteiger partial charge in [0.05, 0.1) is 12.0 Å². The summed E-state index contributed by atoms with van der Waals surface area (Å²) in [5.74, 6) is 1.27. The van der Waals surface area contributed by atoms with Crippen LogP contribution in [0.4, 0.5) is 0 Å². The summed E-state index contributed by atoms with van der Waals surface area (Å²) in [4.78, 5) is 12.2. The molecule has 1 aromatic rings. The fraction of sp³-hybridized carbons (Fsp3) is 0.562. The van der Waals surface area contributed by atoms with Crippen LogP contribution in [0.2, 0.25) is 5.02 Å². The number of carbonyl (C=O) groups is 1. The van der Waals surface area contributed by atoms with Crippen LogP contribution in [0.25, 0.3) is 0 Å². The van der Waals surface area contributed by atoms with Crippen molar-refractivity contribution in [2.24, 2.45) is 5.92 Å². The molecule has 1 amide bonds. The summed E-state index contributed by atoms with van der Waals surface area (Å²) >= 11 is 12.0. The molecule has 0 unspecified atom stereocenters. The Morgan fingerprint density at radius 1 is 1.30 bits per heavy atom. The number of hydrogen-bond acceptors (Lipinski definition) is 1. The molecule has 0 bridgehead atoms. The third-order valence-electron chi connectivity index (χ3n) is 4.17. The van der Waals surface area contributed by atoms with E-state index in [1.807, 2.05) is 24.3 Å². The molecule has 0 radical (unpaired) electrons. The van der Waals surface area contributed by atoms with Crippen molar-refractivity contribution in [2.75, 3.05) is 5.88 Å². The lowest BCUT2D eigenvalue weighted by Crippen LogP contribution is -2.52. The summed E-state index contributed by atoms with van der Waals surface area (Å²) in [6, 6.07) is 7.39. The first-order valence-corrected chi connectivity index (χ1v) is 8.06. The molecule has 1 fully saturated rings. The Morgan fingerprint density at radius 3 is 2.45 bits per heavy atom. The fourth-order valence-corrected chi connectivity index (χ4v) is 3.19. The molecule has 1 N–H and O–H groups in total. The van der Waals surface area contributed by atoms with Gasteiger partial charge in [-0.15, -0.1) is 11.6 Å². The molecule has 1 aliphatic rings. The molecular formula is C16H21Cl2NO. The number of hydrogen-bond donors (Lipinski definition) is 1. The normalized spacial score (nSPS) is 26.2. The number of carbonyl (C=O) groups excluding carboxylic acids is 1. The monoisotopic (exact) mass is 313 g/mol. The van der Waals surface area contributed by atoms with Gasteiger partial charge in [-0.1, -0.05) is 30.7 Å². The fourth-order valence-electron chi connectivity index (χ4n) is 2.73. The van der Waals surface area contributed by atoms with Crippen molar-refractivity contribution >= 4 is 29.1 Å². The van der Waals surface area contributed by atoms with E-state index in [1.54, 1.807) is 0 Å². The summed E-state index contributed by atoms with van der Waals surface area (Å²) < 4.78 is 0. The van der Waals surface area contributed by atoms with E-state index in [9.17, 15) is 4.79 Å². The van der Waals surface area contributed by atoms with Crippen LogP contribution in [-0.4, -0.2) is 17.3 Å². The van der Waals surface area contributed by atoms with Crippen LogP contribution in [-0.2, 0) is 11.2 Å². The van der Waals surface area contributed by atoms with Crippen molar-refractivity contribution in [1.82, 2.24) is 5.32 Å².